The predicted molar refractivity (Wildman–Crippen MR) is 219 cm³/mol. The van der Waals surface area contributed by atoms with Crippen molar-refractivity contribution in [1.29, 1.82) is 0 Å². The smallest absolute Gasteiger partial charge is 0.0234 e. The molecule has 0 saturated carbocycles. The van der Waals surface area contributed by atoms with Crippen molar-refractivity contribution in [3.05, 3.63) is 181 Å². The average Bonchev–Trinajstić information content (AvgIpc) is 3.16. The zero-order chi connectivity index (χ0) is 36.1. The topological polar surface area (TPSA) is 13.0 Å². The Morgan fingerprint density at radius 3 is 0.780 bits per heavy atom. The van der Waals surface area contributed by atoms with Crippen molar-refractivity contribution >= 4 is 12.2 Å². The Morgan fingerprint density at radius 1 is 0.380 bits per heavy atom. The molecular formula is C46H60N4. The standard InChI is InChI=1S/C42H52N4.2C2H4/c1-5-37-15-19-41(20-16-37)33-45-27-25-43(31-39-11-7-35(3)8-12-39)23-24-44(32-40-13-9-36(4)10-14-40)26-28-46(30-29-45)34-42-21-17-38(6-2)18-22-42;2*1-2/h5-22H,1-2,23-34H2,3-4H3;2*1-2H2. The van der Waals surface area contributed by atoms with Gasteiger partial charge < -0.3 is 0 Å². The number of benzene rings is 4. The molecule has 0 aromatic heterocycles. The van der Waals surface area contributed by atoms with Crippen molar-refractivity contribution < 1.29 is 0 Å². The molecule has 1 saturated heterocycles. The van der Waals surface area contributed by atoms with Crippen LogP contribution in [0.1, 0.15) is 44.5 Å². The van der Waals surface area contributed by atoms with Crippen molar-refractivity contribution in [3.63, 3.8) is 0 Å². The van der Waals surface area contributed by atoms with E-state index in [4.69, 9.17) is 0 Å². The molecule has 1 heterocycles. The summed E-state index contributed by atoms with van der Waals surface area (Å²) in [4.78, 5) is 10.7. The summed E-state index contributed by atoms with van der Waals surface area (Å²) in [6, 6.07) is 36.0. The van der Waals surface area contributed by atoms with Gasteiger partial charge in [-0.1, -0.05) is 133 Å². The minimum atomic E-state index is 0.956. The van der Waals surface area contributed by atoms with Crippen LogP contribution < -0.4 is 0 Å². The van der Waals surface area contributed by atoms with E-state index in [0.29, 0.717) is 0 Å². The first-order valence-corrected chi connectivity index (χ1v) is 17.9. The lowest BCUT2D eigenvalue weighted by Gasteiger charge is -2.34. The van der Waals surface area contributed by atoms with Crippen LogP contribution in [-0.4, -0.2) is 72.0 Å². The van der Waals surface area contributed by atoms with E-state index in [0.717, 1.165) is 78.5 Å². The Kier molecular flexibility index (Phi) is 18.0. The molecule has 0 atom stereocenters. The maximum absolute atomic E-state index is 3.94. The molecule has 1 aliphatic rings. The molecule has 0 unspecified atom stereocenters. The van der Waals surface area contributed by atoms with E-state index >= 15 is 0 Å². The largest absolute Gasteiger partial charge is 0.297 e. The Balaban J connectivity index is 0.00000163. The number of aryl methyl sites for hydroxylation is 2. The van der Waals surface area contributed by atoms with Crippen LogP contribution in [0.5, 0.6) is 0 Å². The third kappa shape index (κ3) is 13.9. The Labute approximate surface area is 304 Å². The fourth-order valence-corrected chi connectivity index (χ4v) is 6.15. The highest BCUT2D eigenvalue weighted by atomic mass is 15.3. The molecule has 5 rings (SSSR count). The van der Waals surface area contributed by atoms with E-state index in [-0.39, 0.29) is 0 Å². The maximum Gasteiger partial charge on any atom is 0.0234 e. The molecule has 1 aliphatic heterocycles. The lowest BCUT2D eigenvalue weighted by molar-refractivity contribution is 0.122. The second-order valence-corrected chi connectivity index (χ2v) is 13.0. The van der Waals surface area contributed by atoms with Crippen LogP contribution in [0.15, 0.2) is 137 Å². The number of hydrogen-bond acceptors (Lipinski definition) is 4. The van der Waals surface area contributed by atoms with Crippen LogP contribution >= 0.6 is 0 Å². The lowest BCUT2D eigenvalue weighted by atomic mass is 10.1. The van der Waals surface area contributed by atoms with Gasteiger partial charge in [0.15, 0.2) is 0 Å². The van der Waals surface area contributed by atoms with E-state index in [1.54, 1.807) is 0 Å². The molecule has 264 valence electrons. The minimum absolute atomic E-state index is 0.956. The first-order valence-electron chi connectivity index (χ1n) is 17.9. The van der Waals surface area contributed by atoms with Gasteiger partial charge in [-0.3, -0.25) is 19.6 Å². The fraction of sp³-hybridized carbons (Fsp3) is 0.304. The van der Waals surface area contributed by atoms with Gasteiger partial charge in [0, 0.05) is 78.5 Å². The zero-order valence-electron chi connectivity index (χ0n) is 30.9. The normalized spacial score (nSPS) is 15.2. The average molecular weight is 669 g/mol. The lowest BCUT2D eigenvalue weighted by Crippen LogP contribution is -2.45. The van der Waals surface area contributed by atoms with Crippen LogP contribution in [0, 0.1) is 13.8 Å². The fourth-order valence-electron chi connectivity index (χ4n) is 6.15. The van der Waals surface area contributed by atoms with Crippen LogP contribution in [0.2, 0.25) is 0 Å². The predicted octanol–water partition coefficient (Wildman–Crippen LogP) is 9.52. The van der Waals surface area contributed by atoms with Gasteiger partial charge >= 0.3 is 0 Å². The maximum atomic E-state index is 3.94. The summed E-state index contributed by atoms with van der Waals surface area (Å²) in [5, 5.41) is 0. The first-order chi connectivity index (χ1) is 24.4. The summed E-state index contributed by atoms with van der Waals surface area (Å²) in [6.45, 7) is 36.4. The third-order valence-corrected chi connectivity index (χ3v) is 9.23. The second kappa shape index (κ2) is 22.4. The van der Waals surface area contributed by atoms with E-state index < -0.39 is 0 Å². The summed E-state index contributed by atoms with van der Waals surface area (Å²) in [6.07, 6.45) is 3.84. The molecule has 4 heteroatoms. The summed E-state index contributed by atoms with van der Waals surface area (Å²) in [7, 11) is 0. The van der Waals surface area contributed by atoms with Gasteiger partial charge in [0.1, 0.15) is 0 Å². The van der Waals surface area contributed by atoms with Gasteiger partial charge in [0.05, 0.1) is 0 Å². The second-order valence-electron chi connectivity index (χ2n) is 13.0. The van der Waals surface area contributed by atoms with E-state index in [2.05, 4.69) is 170 Å². The summed E-state index contributed by atoms with van der Waals surface area (Å²) >= 11 is 0. The van der Waals surface area contributed by atoms with Crippen LogP contribution in [0.3, 0.4) is 0 Å². The molecule has 0 aliphatic carbocycles. The van der Waals surface area contributed by atoms with Crippen molar-refractivity contribution in [2.75, 3.05) is 52.4 Å². The Hall–Kier alpha value is -4.32. The molecule has 0 amide bonds. The summed E-state index contributed by atoms with van der Waals surface area (Å²) in [5.74, 6) is 0. The van der Waals surface area contributed by atoms with Crippen molar-refractivity contribution in [3.8, 4) is 0 Å². The van der Waals surface area contributed by atoms with Gasteiger partial charge in [-0.15, -0.1) is 26.3 Å². The molecule has 0 N–H and O–H groups in total. The molecule has 4 nitrogen and oxygen atoms in total. The van der Waals surface area contributed by atoms with E-state index in [9.17, 15) is 0 Å². The zero-order valence-corrected chi connectivity index (χ0v) is 30.9. The Bertz CT molecular complexity index is 1400. The van der Waals surface area contributed by atoms with E-state index in [1.165, 1.54) is 44.5 Å². The monoisotopic (exact) mass is 668 g/mol. The van der Waals surface area contributed by atoms with Gasteiger partial charge in [0.2, 0.25) is 0 Å². The number of rotatable bonds is 10. The molecule has 4 aromatic carbocycles. The Morgan fingerprint density at radius 2 is 0.580 bits per heavy atom. The highest BCUT2D eigenvalue weighted by molar-refractivity contribution is 5.47. The first kappa shape index (κ1) is 40.1. The van der Waals surface area contributed by atoms with Crippen molar-refractivity contribution in [2.45, 2.75) is 40.0 Å². The highest BCUT2D eigenvalue weighted by Crippen LogP contribution is 2.15. The van der Waals surface area contributed by atoms with Crippen molar-refractivity contribution in [1.82, 2.24) is 19.6 Å². The summed E-state index contributed by atoms with van der Waals surface area (Å²) < 4.78 is 0. The van der Waals surface area contributed by atoms with Crippen LogP contribution in [-0.2, 0) is 26.2 Å². The van der Waals surface area contributed by atoms with E-state index in [1.807, 2.05) is 12.2 Å². The molecule has 0 bridgehead atoms. The quantitative estimate of drug-likeness (QED) is 0.156. The number of hydrogen-bond donors (Lipinski definition) is 0. The minimum Gasteiger partial charge on any atom is -0.297 e. The van der Waals surface area contributed by atoms with Crippen molar-refractivity contribution in [2.24, 2.45) is 0 Å². The molecule has 1 fully saturated rings. The van der Waals surface area contributed by atoms with Gasteiger partial charge in [-0.25, -0.2) is 0 Å². The molecular weight excluding hydrogens is 609 g/mol. The number of nitrogens with zero attached hydrogens (tertiary/aromatic N) is 4. The van der Waals surface area contributed by atoms with Gasteiger partial charge in [-0.2, -0.15) is 0 Å². The molecule has 0 radical (unpaired) electrons. The SMILES string of the molecule is C=C.C=C.C=Cc1ccc(CN2CCN(Cc3ccc(C)cc3)CCN(Cc3ccc(C)cc3)CCN(Cc3ccc(C=C)cc3)CC2)cc1. The third-order valence-electron chi connectivity index (χ3n) is 9.23. The van der Waals surface area contributed by atoms with Gasteiger partial charge in [0.25, 0.3) is 0 Å². The summed E-state index contributed by atoms with van der Waals surface area (Å²) in [5.41, 5.74) is 10.5. The molecule has 4 aromatic rings. The van der Waals surface area contributed by atoms with Crippen LogP contribution in [0.25, 0.3) is 12.2 Å². The highest BCUT2D eigenvalue weighted by Gasteiger charge is 2.18. The molecule has 0 spiro atoms. The van der Waals surface area contributed by atoms with Gasteiger partial charge in [-0.05, 0) is 47.2 Å². The van der Waals surface area contributed by atoms with Crippen LogP contribution in [0.4, 0.5) is 0 Å². The molecule has 50 heavy (non-hydrogen) atoms.